The Kier molecular flexibility index (Phi) is 4.08. The first-order valence-electron chi connectivity index (χ1n) is 5.61. The minimum Gasteiger partial charge on any atom is -0.397 e. The molecule has 0 saturated carbocycles. The number of sulfonamides is 1. The molecule has 0 amide bonds. The van der Waals surface area contributed by atoms with Crippen molar-refractivity contribution in [2.75, 3.05) is 18.1 Å². The van der Waals surface area contributed by atoms with Crippen molar-refractivity contribution in [1.29, 1.82) is 0 Å². The SMILES string of the molecule is CNS(=O)(=O)c1ccc(NCc2ccsc2)c(N)c1. The zero-order valence-electron chi connectivity index (χ0n) is 10.4. The lowest BCUT2D eigenvalue weighted by Crippen LogP contribution is -2.18. The van der Waals surface area contributed by atoms with Crippen LogP contribution >= 0.6 is 11.3 Å². The van der Waals surface area contributed by atoms with Gasteiger partial charge in [0.1, 0.15) is 0 Å². The molecule has 5 nitrogen and oxygen atoms in total. The molecule has 2 rings (SSSR count). The quantitative estimate of drug-likeness (QED) is 0.735. The highest BCUT2D eigenvalue weighted by Crippen LogP contribution is 2.23. The van der Waals surface area contributed by atoms with Crippen LogP contribution < -0.4 is 15.8 Å². The average Bonchev–Trinajstić information content (AvgIpc) is 2.90. The Morgan fingerprint density at radius 2 is 2.11 bits per heavy atom. The third-order valence-corrected chi connectivity index (χ3v) is 4.81. The normalized spacial score (nSPS) is 11.4. The third kappa shape index (κ3) is 3.25. The minimum absolute atomic E-state index is 0.161. The van der Waals surface area contributed by atoms with E-state index in [0.29, 0.717) is 12.2 Å². The zero-order chi connectivity index (χ0) is 13.9. The molecule has 1 heterocycles. The molecule has 4 N–H and O–H groups in total. The molecule has 0 aliphatic carbocycles. The van der Waals surface area contributed by atoms with Crippen LogP contribution in [-0.4, -0.2) is 15.5 Å². The zero-order valence-corrected chi connectivity index (χ0v) is 12.0. The maximum Gasteiger partial charge on any atom is 0.240 e. The number of thiophene rings is 1. The molecule has 102 valence electrons. The van der Waals surface area contributed by atoms with Gasteiger partial charge in [0.05, 0.1) is 16.3 Å². The minimum atomic E-state index is -3.45. The summed E-state index contributed by atoms with van der Waals surface area (Å²) in [6, 6.07) is 6.67. The standard InChI is InChI=1S/C12H15N3O2S2/c1-14-19(16,17)10-2-3-12(11(13)6-10)15-7-9-4-5-18-8-9/h2-6,8,14-15H,7,13H2,1H3. The van der Waals surface area contributed by atoms with Crippen LogP contribution in [0, 0.1) is 0 Å². The van der Waals surface area contributed by atoms with Gasteiger partial charge in [0, 0.05) is 6.54 Å². The molecular formula is C12H15N3O2S2. The molecule has 0 unspecified atom stereocenters. The molecule has 0 aliphatic rings. The second-order valence-electron chi connectivity index (χ2n) is 3.94. The highest BCUT2D eigenvalue weighted by molar-refractivity contribution is 7.89. The molecule has 7 heteroatoms. The number of nitrogen functional groups attached to an aromatic ring is 1. The highest BCUT2D eigenvalue weighted by Gasteiger charge is 2.12. The van der Waals surface area contributed by atoms with E-state index in [-0.39, 0.29) is 4.90 Å². The smallest absolute Gasteiger partial charge is 0.240 e. The molecule has 0 atom stereocenters. The summed E-state index contributed by atoms with van der Waals surface area (Å²) in [7, 11) is -2.08. The number of nitrogens with two attached hydrogens (primary N) is 1. The fourth-order valence-corrected chi connectivity index (χ4v) is 3.01. The number of nitrogens with one attached hydrogen (secondary N) is 2. The number of rotatable bonds is 5. The predicted molar refractivity (Wildman–Crippen MR) is 78.7 cm³/mol. The maximum atomic E-state index is 11.6. The van der Waals surface area contributed by atoms with E-state index in [2.05, 4.69) is 10.0 Å². The molecule has 0 radical (unpaired) electrons. The van der Waals surface area contributed by atoms with Crippen molar-refractivity contribution in [3.8, 4) is 0 Å². The van der Waals surface area contributed by atoms with Crippen LogP contribution in [0.25, 0.3) is 0 Å². The van der Waals surface area contributed by atoms with Gasteiger partial charge < -0.3 is 11.1 Å². The molecule has 2 aromatic rings. The average molecular weight is 297 g/mol. The Labute approximate surface area is 116 Å². The maximum absolute atomic E-state index is 11.6. The lowest BCUT2D eigenvalue weighted by molar-refractivity contribution is 0.588. The summed E-state index contributed by atoms with van der Waals surface area (Å²) in [5.41, 5.74) is 8.16. The van der Waals surface area contributed by atoms with Gasteiger partial charge >= 0.3 is 0 Å². The third-order valence-electron chi connectivity index (χ3n) is 2.67. The van der Waals surface area contributed by atoms with Gasteiger partial charge in [-0.2, -0.15) is 11.3 Å². The summed E-state index contributed by atoms with van der Waals surface area (Å²) in [5.74, 6) is 0. The van der Waals surface area contributed by atoms with Crippen LogP contribution in [0.2, 0.25) is 0 Å². The molecule has 0 spiro atoms. The monoisotopic (exact) mass is 297 g/mol. The Morgan fingerprint density at radius 3 is 2.68 bits per heavy atom. The Hall–Kier alpha value is -1.57. The predicted octanol–water partition coefficient (Wildman–Crippen LogP) is 1.85. The van der Waals surface area contributed by atoms with Gasteiger partial charge in [0.15, 0.2) is 0 Å². The van der Waals surface area contributed by atoms with E-state index >= 15 is 0 Å². The lowest BCUT2D eigenvalue weighted by Gasteiger charge is -2.10. The van der Waals surface area contributed by atoms with Crippen LogP contribution in [0.5, 0.6) is 0 Å². The van der Waals surface area contributed by atoms with Crippen LogP contribution in [0.4, 0.5) is 11.4 Å². The Morgan fingerprint density at radius 1 is 1.32 bits per heavy atom. The fourth-order valence-electron chi connectivity index (χ4n) is 1.58. The van der Waals surface area contributed by atoms with Gasteiger partial charge in [0.2, 0.25) is 10.0 Å². The van der Waals surface area contributed by atoms with Crippen molar-refractivity contribution in [1.82, 2.24) is 4.72 Å². The van der Waals surface area contributed by atoms with Gasteiger partial charge in [-0.05, 0) is 47.6 Å². The van der Waals surface area contributed by atoms with E-state index in [1.807, 2.05) is 16.8 Å². The first-order chi connectivity index (χ1) is 9.03. The first kappa shape index (κ1) is 13.9. The molecule has 0 aliphatic heterocycles. The number of hydrogen-bond acceptors (Lipinski definition) is 5. The van der Waals surface area contributed by atoms with E-state index in [4.69, 9.17) is 5.73 Å². The topological polar surface area (TPSA) is 84.2 Å². The summed E-state index contributed by atoms with van der Waals surface area (Å²) in [6.07, 6.45) is 0. The number of anilines is 2. The van der Waals surface area contributed by atoms with Crippen molar-refractivity contribution in [3.63, 3.8) is 0 Å². The lowest BCUT2D eigenvalue weighted by atomic mass is 10.2. The van der Waals surface area contributed by atoms with Crippen molar-refractivity contribution < 1.29 is 8.42 Å². The molecular weight excluding hydrogens is 282 g/mol. The van der Waals surface area contributed by atoms with Gasteiger partial charge in [0.25, 0.3) is 0 Å². The molecule has 1 aromatic carbocycles. The highest BCUT2D eigenvalue weighted by atomic mass is 32.2. The van der Waals surface area contributed by atoms with Gasteiger partial charge in [-0.15, -0.1) is 0 Å². The van der Waals surface area contributed by atoms with E-state index < -0.39 is 10.0 Å². The summed E-state index contributed by atoms with van der Waals surface area (Å²) < 4.78 is 25.5. The summed E-state index contributed by atoms with van der Waals surface area (Å²) in [6.45, 7) is 0.659. The molecule has 19 heavy (non-hydrogen) atoms. The van der Waals surface area contributed by atoms with E-state index in [1.165, 1.54) is 19.2 Å². The Balaban J connectivity index is 2.16. The summed E-state index contributed by atoms with van der Waals surface area (Å²) in [5, 5.41) is 7.23. The van der Waals surface area contributed by atoms with Crippen LogP contribution in [0.1, 0.15) is 5.56 Å². The second-order valence-corrected chi connectivity index (χ2v) is 6.61. The van der Waals surface area contributed by atoms with Crippen molar-refractivity contribution in [2.24, 2.45) is 0 Å². The van der Waals surface area contributed by atoms with Crippen LogP contribution in [0.15, 0.2) is 39.9 Å². The molecule has 0 bridgehead atoms. The van der Waals surface area contributed by atoms with Gasteiger partial charge in [-0.3, -0.25) is 0 Å². The molecule has 0 fully saturated rings. The van der Waals surface area contributed by atoms with Crippen molar-refractivity contribution in [3.05, 3.63) is 40.6 Å². The van der Waals surface area contributed by atoms with E-state index in [0.717, 1.165) is 11.3 Å². The second kappa shape index (κ2) is 5.60. The van der Waals surface area contributed by atoms with Gasteiger partial charge in [-0.25, -0.2) is 13.1 Å². The van der Waals surface area contributed by atoms with Crippen molar-refractivity contribution >= 4 is 32.7 Å². The fraction of sp³-hybridized carbons (Fsp3) is 0.167. The largest absolute Gasteiger partial charge is 0.397 e. The molecule has 0 saturated heterocycles. The summed E-state index contributed by atoms with van der Waals surface area (Å²) in [4.78, 5) is 0.161. The number of hydrogen-bond donors (Lipinski definition) is 3. The first-order valence-corrected chi connectivity index (χ1v) is 8.03. The molecule has 1 aromatic heterocycles. The van der Waals surface area contributed by atoms with E-state index in [9.17, 15) is 8.42 Å². The van der Waals surface area contributed by atoms with E-state index in [1.54, 1.807) is 17.4 Å². The van der Waals surface area contributed by atoms with Crippen LogP contribution in [-0.2, 0) is 16.6 Å². The summed E-state index contributed by atoms with van der Waals surface area (Å²) >= 11 is 1.63. The Bertz CT molecular complexity index is 652. The van der Waals surface area contributed by atoms with Crippen molar-refractivity contribution in [2.45, 2.75) is 11.4 Å². The van der Waals surface area contributed by atoms with Crippen LogP contribution in [0.3, 0.4) is 0 Å². The van der Waals surface area contributed by atoms with Gasteiger partial charge in [-0.1, -0.05) is 0 Å². The number of benzene rings is 1.